The average molecular weight is 254 g/mol. The molecule has 0 fully saturated rings. The minimum Gasteiger partial charge on any atom is -0.311 e. The van der Waals surface area contributed by atoms with E-state index < -0.39 is 0 Å². The van der Waals surface area contributed by atoms with Gasteiger partial charge >= 0.3 is 0 Å². The lowest BCUT2D eigenvalue weighted by Crippen LogP contribution is -2.07. The molecule has 3 nitrogen and oxygen atoms in total. The molecular formula is C16H18N2O. The SMILES string of the molecule is CC(=O)Nc1ccc(-c2c(C)cc(C)cc2C)cn1. The maximum atomic E-state index is 11.0. The van der Waals surface area contributed by atoms with Gasteiger partial charge in [0.25, 0.3) is 0 Å². The van der Waals surface area contributed by atoms with Crippen molar-refractivity contribution in [2.24, 2.45) is 0 Å². The number of hydrogen-bond acceptors (Lipinski definition) is 2. The van der Waals surface area contributed by atoms with E-state index in [1.54, 1.807) is 6.20 Å². The molecule has 1 amide bonds. The monoisotopic (exact) mass is 254 g/mol. The third kappa shape index (κ3) is 2.99. The van der Waals surface area contributed by atoms with E-state index in [1.807, 2.05) is 12.1 Å². The smallest absolute Gasteiger partial charge is 0.222 e. The van der Waals surface area contributed by atoms with Crippen molar-refractivity contribution in [3.8, 4) is 11.1 Å². The molecule has 0 aliphatic carbocycles. The highest BCUT2D eigenvalue weighted by Gasteiger charge is 2.07. The first-order chi connectivity index (χ1) is 8.97. The summed E-state index contributed by atoms with van der Waals surface area (Å²) in [5.41, 5.74) is 6.04. The Labute approximate surface area is 113 Å². The number of nitrogens with zero attached hydrogens (tertiary/aromatic N) is 1. The molecule has 2 aromatic rings. The van der Waals surface area contributed by atoms with E-state index in [-0.39, 0.29) is 5.91 Å². The summed E-state index contributed by atoms with van der Waals surface area (Å²) in [4.78, 5) is 15.2. The van der Waals surface area contributed by atoms with Crippen LogP contribution >= 0.6 is 0 Å². The van der Waals surface area contributed by atoms with Gasteiger partial charge in [0, 0.05) is 18.7 Å². The van der Waals surface area contributed by atoms with Crippen LogP contribution in [0.25, 0.3) is 11.1 Å². The van der Waals surface area contributed by atoms with Gasteiger partial charge in [0.2, 0.25) is 5.91 Å². The third-order valence-electron chi connectivity index (χ3n) is 3.03. The second kappa shape index (κ2) is 5.22. The van der Waals surface area contributed by atoms with Crippen LogP contribution in [0.15, 0.2) is 30.5 Å². The summed E-state index contributed by atoms with van der Waals surface area (Å²) >= 11 is 0. The molecular weight excluding hydrogens is 236 g/mol. The Kier molecular flexibility index (Phi) is 3.65. The molecule has 1 aromatic carbocycles. The quantitative estimate of drug-likeness (QED) is 0.889. The van der Waals surface area contributed by atoms with Crippen molar-refractivity contribution < 1.29 is 4.79 Å². The molecule has 98 valence electrons. The number of benzene rings is 1. The van der Waals surface area contributed by atoms with Gasteiger partial charge in [-0.2, -0.15) is 0 Å². The number of pyridine rings is 1. The Morgan fingerprint density at radius 2 is 1.74 bits per heavy atom. The maximum absolute atomic E-state index is 11.0. The molecule has 0 bridgehead atoms. The van der Waals surface area contributed by atoms with Crippen LogP contribution in [0.2, 0.25) is 0 Å². The van der Waals surface area contributed by atoms with Gasteiger partial charge in [-0.25, -0.2) is 4.98 Å². The Morgan fingerprint density at radius 1 is 1.11 bits per heavy atom. The zero-order valence-corrected chi connectivity index (χ0v) is 11.7. The van der Waals surface area contributed by atoms with Gasteiger partial charge in [0.1, 0.15) is 5.82 Å². The predicted octanol–water partition coefficient (Wildman–Crippen LogP) is 3.63. The topological polar surface area (TPSA) is 42.0 Å². The highest BCUT2D eigenvalue weighted by molar-refractivity contribution is 5.87. The highest BCUT2D eigenvalue weighted by atomic mass is 16.1. The Balaban J connectivity index is 2.40. The van der Waals surface area contributed by atoms with Crippen LogP contribution in [0.4, 0.5) is 5.82 Å². The average Bonchev–Trinajstić information content (AvgIpc) is 2.29. The van der Waals surface area contributed by atoms with E-state index in [4.69, 9.17) is 0 Å². The van der Waals surface area contributed by atoms with Crippen molar-refractivity contribution in [1.82, 2.24) is 4.98 Å². The number of aromatic nitrogens is 1. The largest absolute Gasteiger partial charge is 0.311 e. The lowest BCUT2D eigenvalue weighted by atomic mass is 9.95. The van der Waals surface area contributed by atoms with Gasteiger partial charge < -0.3 is 5.32 Å². The van der Waals surface area contributed by atoms with E-state index in [0.29, 0.717) is 5.82 Å². The van der Waals surface area contributed by atoms with Crippen LogP contribution in [0, 0.1) is 20.8 Å². The number of carbonyl (C=O) groups excluding carboxylic acids is 1. The van der Waals surface area contributed by atoms with Gasteiger partial charge in [0.05, 0.1) is 0 Å². The Bertz CT molecular complexity index is 592. The standard InChI is InChI=1S/C16H18N2O/c1-10-7-11(2)16(12(3)8-10)14-5-6-15(17-9-14)18-13(4)19/h5-9H,1-4H3,(H,17,18,19). The molecule has 3 heteroatoms. The van der Waals surface area contributed by atoms with E-state index >= 15 is 0 Å². The number of anilines is 1. The van der Waals surface area contributed by atoms with E-state index in [2.05, 4.69) is 43.2 Å². The molecule has 1 aromatic heterocycles. The number of rotatable bonds is 2. The number of amides is 1. The summed E-state index contributed by atoms with van der Waals surface area (Å²) in [7, 11) is 0. The summed E-state index contributed by atoms with van der Waals surface area (Å²) in [5, 5.41) is 2.67. The molecule has 19 heavy (non-hydrogen) atoms. The molecule has 0 unspecified atom stereocenters. The van der Waals surface area contributed by atoms with Crippen LogP contribution in [-0.2, 0) is 4.79 Å². The van der Waals surface area contributed by atoms with Crippen LogP contribution in [0.3, 0.4) is 0 Å². The van der Waals surface area contributed by atoms with E-state index in [1.165, 1.54) is 29.2 Å². The molecule has 0 atom stereocenters. The van der Waals surface area contributed by atoms with Gasteiger partial charge in [-0.05, 0) is 49.6 Å². The first kappa shape index (κ1) is 13.3. The molecule has 0 aliphatic heterocycles. The number of hydrogen-bond donors (Lipinski definition) is 1. The fraction of sp³-hybridized carbons (Fsp3) is 0.250. The normalized spacial score (nSPS) is 10.3. The fourth-order valence-electron chi connectivity index (χ4n) is 2.43. The van der Waals surface area contributed by atoms with Crippen LogP contribution in [-0.4, -0.2) is 10.9 Å². The maximum Gasteiger partial charge on any atom is 0.222 e. The summed E-state index contributed by atoms with van der Waals surface area (Å²) in [6.45, 7) is 7.79. The van der Waals surface area contributed by atoms with Crippen LogP contribution in [0.5, 0.6) is 0 Å². The summed E-state index contributed by atoms with van der Waals surface area (Å²) in [6.07, 6.45) is 1.80. The lowest BCUT2D eigenvalue weighted by molar-refractivity contribution is -0.114. The van der Waals surface area contributed by atoms with Crippen molar-refractivity contribution in [2.45, 2.75) is 27.7 Å². The number of aryl methyl sites for hydroxylation is 3. The van der Waals surface area contributed by atoms with Crippen molar-refractivity contribution in [3.05, 3.63) is 47.2 Å². The summed E-state index contributed by atoms with van der Waals surface area (Å²) in [5.74, 6) is 0.474. The van der Waals surface area contributed by atoms with Crippen LogP contribution < -0.4 is 5.32 Å². The molecule has 0 spiro atoms. The second-order valence-corrected chi connectivity index (χ2v) is 4.89. The fourth-order valence-corrected chi connectivity index (χ4v) is 2.43. The van der Waals surface area contributed by atoms with E-state index in [9.17, 15) is 4.79 Å². The number of nitrogens with one attached hydrogen (secondary N) is 1. The summed E-state index contributed by atoms with van der Waals surface area (Å²) < 4.78 is 0. The lowest BCUT2D eigenvalue weighted by Gasteiger charge is -2.11. The van der Waals surface area contributed by atoms with Crippen molar-refractivity contribution in [3.63, 3.8) is 0 Å². The second-order valence-electron chi connectivity index (χ2n) is 4.89. The van der Waals surface area contributed by atoms with Gasteiger partial charge in [-0.15, -0.1) is 0 Å². The predicted molar refractivity (Wildman–Crippen MR) is 78.2 cm³/mol. The molecule has 2 rings (SSSR count). The van der Waals surface area contributed by atoms with Gasteiger partial charge in [-0.3, -0.25) is 4.79 Å². The van der Waals surface area contributed by atoms with Crippen molar-refractivity contribution in [1.29, 1.82) is 0 Å². The first-order valence-corrected chi connectivity index (χ1v) is 6.29. The minimum absolute atomic E-state index is 0.108. The third-order valence-corrected chi connectivity index (χ3v) is 3.03. The Morgan fingerprint density at radius 3 is 2.21 bits per heavy atom. The molecule has 1 heterocycles. The zero-order valence-electron chi connectivity index (χ0n) is 11.7. The zero-order chi connectivity index (χ0) is 14.0. The van der Waals surface area contributed by atoms with E-state index in [0.717, 1.165) is 5.56 Å². The highest BCUT2D eigenvalue weighted by Crippen LogP contribution is 2.28. The molecule has 0 aliphatic rings. The molecule has 1 N–H and O–H groups in total. The molecule has 0 saturated carbocycles. The van der Waals surface area contributed by atoms with Crippen molar-refractivity contribution >= 4 is 11.7 Å². The Hall–Kier alpha value is -2.16. The van der Waals surface area contributed by atoms with Gasteiger partial charge in [0.15, 0.2) is 0 Å². The van der Waals surface area contributed by atoms with Crippen LogP contribution in [0.1, 0.15) is 23.6 Å². The summed E-state index contributed by atoms with van der Waals surface area (Å²) in [6, 6.07) is 8.16. The van der Waals surface area contributed by atoms with Crippen molar-refractivity contribution in [2.75, 3.05) is 5.32 Å². The first-order valence-electron chi connectivity index (χ1n) is 6.29. The number of carbonyl (C=O) groups is 1. The molecule has 0 saturated heterocycles. The minimum atomic E-state index is -0.108. The molecule has 0 radical (unpaired) electrons. The van der Waals surface area contributed by atoms with Gasteiger partial charge in [-0.1, -0.05) is 17.7 Å².